The van der Waals surface area contributed by atoms with Gasteiger partial charge in [0.2, 0.25) is 0 Å². The van der Waals surface area contributed by atoms with E-state index in [9.17, 15) is 4.39 Å². The molecule has 2 nitrogen and oxygen atoms in total. The summed E-state index contributed by atoms with van der Waals surface area (Å²) in [6.45, 7) is 2.12. The molecule has 1 aromatic carbocycles. The second-order valence-electron chi connectivity index (χ2n) is 3.81. The monoisotopic (exact) mass is 250 g/mol. The fourth-order valence-electron chi connectivity index (χ4n) is 1.74. The molecule has 0 radical (unpaired) electrons. The summed E-state index contributed by atoms with van der Waals surface area (Å²) < 4.78 is 12.9. The summed E-state index contributed by atoms with van der Waals surface area (Å²) in [5.74, 6) is 5.36. The topological polar surface area (TPSA) is 38.0 Å². The molecule has 0 spiro atoms. The number of thiophene rings is 1. The molecule has 0 fully saturated rings. The van der Waals surface area contributed by atoms with E-state index in [1.165, 1.54) is 17.0 Å². The number of hydrazine groups is 1. The summed E-state index contributed by atoms with van der Waals surface area (Å²) in [4.78, 5) is 2.47. The predicted octanol–water partition coefficient (Wildman–Crippen LogP) is 3.00. The van der Waals surface area contributed by atoms with E-state index in [1.54, 1.807) is 23.5 Å². The van der Waals surface area contributed by atoms with E-state index in [0.717, 1.165) is 16.9 Å². The third-order valence-electron chi connectivity index (χ3n) is 2.69. The first-order valence-electron chi connectivity index (χ1n) is 5.54. The number of rotatable bonds is 4. The number of aryl methyl sites for hydroxylation is 1. The van der Waals surface area contributed by atoms with Crippen molar-refractivity contribution >= 4 is 11.3 Å². The Labute approximate surface area is 104 Å². The normalized spacial score (nSPS) is 12.6. The molecule has 4 heteroatoms. The van der Waals surface area contributed by atoms with Crippen LogP contribution in [-0.4, -0.2) is 0 Å². The van der Waals surface area contributed by atoms with E-state index in [2.05, 4.69) is 24.5 Å². The molecule has 2 rings (SSSR count). The number of benzene rings is 1. The Balaban J connectivity index is 2.29. The number of nitrogens with two attached hydrogens (primary N) is 1. The van der Waals surface area contributed by atoms with Crippen molar-refractivity contribution in [2.24, 2.45) is 5.84 Å². The minimum atomic E-state index is -0.232. The van der Waals surface area contributed by atoms with Crippen LogP contribution < -0.4 is 11.3 Å². The molecule has 17 heavy (non-hydrogen) atoms. The molecule has 3 N–H and O–H groups in total. The Kier molecular flexibility index (Phi) is 3.89. The van der Waals surface area contributed by atoms with Crippen LogP contribution in [0.3, 0.4) is 0 Å². The Bertz CT molecular complexity index is 478. The van der Waals surface area contributed by atoms with Gasteiger partial charge in [-0.05, 0) is 36.2 Å². The molecule has 0 aliphatic rings. The van der Waals surface area contributed by atoms with E-state index in [0.29, 0.717) is 0 Å². The molecule has 90 valence electrons. The van der Waals surface area contributed by atoms with Gasteiger partial charge in [-0.15, -0.1) is 11.3 Å². The highest BCUT2D eigenvalue weighted by molar-refractivity contribution is 7.12. The summed E-state index contributed by atoms with van der Waals surface area (Å²) in [5, 5.41) is 0. The Morgan fingerprint density at radius 3 is 2.47 bits per heavy atom. The summed E-state index contributed by atoms with van der Waals surface area (Å²) in [7, 11) is 0. The number of hydrogen-bond acceptors (Lipinski definition) is 3. The van der Waals surface area contributed by atoms with Crippen LogP contribution in [0.25, 0.3) is 0 Å². The minimum Gasteiger partial charge on any atom is -0.271 e. The van der Waals surface area contributed by atoms with Gasteiger partial charge in [-0.2, -0.15) is 0 Å². The quantitative estimate of drug-likeness (QED) is 0.646. The van der Waals surface area contributed by atoms with Crippen molar-refractivity contribution in [3.05, 3.63) is 57.5 Å². The molecular formula is C13H15FN2S. The van der Waals surface area contributed by atoms with E-state index < -0.39 is 0 Å². The van der Waals surface area contributed by atoms with Gasteiger partial charge in [0.05, 0.1) is 6.04 Å². The van der Waals surface area contributed by atoms with Crippen LogP contribution >= 0.6 is 11.3 Å². The van der Waals surface area contributed by atoms with E-state index in [-0.39, 0.29) is 11.9 Å². The highest BCUT2D eigenvalue weighted by Crippen LogP contribution is 2.28. The van der Waals surface area contributed by atoms with Crippen LogP contribution in [-0.2, 0) is 6.42 Å². The summed E-state index contributed by atoms with van der Waals surface area (Å²) in [5.41, 5.74) is 3.75. The molecular weight excluding hydrogens is 235 g/mol. The smallest absolute Gasteiger partial charge is 0.123 e. The SMILES string of the molecule is CCc1ccc(C(NN)c2ccc(F)cc2)s1. The minimum absolute atomic E-state index is 0.0686. The molecule has 1 atom stereocenters. The summed E-state index contributed by atoms with van der Waals surface area (Å²) >= 11 is 1.73. The van der Waals surface area contributed by atoms with Crippen LogP contribution in [0, 0.1) is 5.82 Å². The maximum atomic E-state index is 12.9. The zero-order valence-corrected chi connectivity index (χ0v) is 10.4. The van der Waals surface area contributed by atoms with Gasteiger partial charge in [-0.25, -0.2) is 9.82 Å². The van der Waals surface area contributed by atoms with Crippen molar-refractivity contribution < 1.29 is 4.39 Å². The van der Waals surface area contributed by atoms with Gasteiger partial charge in [0, 0.05) is 9.75 Å². The molecule has 1 heterocycles. The van der Waals surface area contributed by atoms with Crippen molar-refractivity contribution in [3.63, 3.8) is 0 Å². The van der Waals surface area contributed by atoms with Crippen molar-refractivity contribution in [1.82, 2.24) is 5.43 Å². The van der Waals surface area contributed by atoms with Crippen molar-refractivity contribution in [2.45, 2.75) is 19.4 Å². The molecule has 0 amide bonds. The highest BCUT2D eigenvalue weighted by Gasteiger charge is 2.14. The molecule has 0 bridgehead atoms. The van der Waals surface area contributed by atoms with Crippen molar-refractivity contribution in [2.75, 3.05) is 0 Å². The molecule has 1 aromatic heterocycles. The van der Waals surface area contributed by atoms with Crippen LogP contribution in [0.1, 0.15) is 28.3 Å². The largest absolute Gasteiger partial charge is 0.271 e. The third kappa shape index (κ3) is 2.72. The zero-order chi connectivity index (χ0) is 12.3. The van der Waals surface area contributed by atoms with Crippen molar-refractivity contribution in [3.8, 4) is 0 Å². The van der Waals surface area contributed by atoms with Gasteiger partial charge in [-0.3, -0.25) is 5.84 Å². The second kappa shape index (κ2) is 5.40. The fraction of sp³-hybridized carbons (Fsp3) is 0.231. The zero-order valence-electron chi connectivity index (χ0n) is 9.61. The first-order chi connectivity index (χ1) is 8.24. The number of nitrogens with one attached hydrogen (secondary N) is 1. The Morgan fingerprint density at radius 2 is 1.94 bits per heavy atom. The lowest BCUT2D eigenvalue weighted by Crippen LogP contribution is -2.28. The van der Waals surface area contributed by atoms with Gasteiger partial charge >= 0.3 is 0 Å². The summed E-state index contributed by atoms with van der Waals surface area (Å²) in [6, 6.07) is 10.5. The van der Waals surface area contributed by atoms with Crippen LogP contribution in [0.15, 0.2) is 36.4 Å². The average molecular weight is 250 g/mol. The molecule has 1 unspecified atom stereocenters. The van der Waals surface area contributed by atoms with Gasteiger partial charge in [-0.1, -0.05) is 19.1 Å². The number of hydrogen-bond donors (Lipinski definition) is 2. The van der Waals surface area contributed by atoms with Gasteiger partial charge in [0.25, 0.3) is 0 Å². The van der Waals surface area contributed by atoms with Crippen LogP contribution in [0.4, 0.5) is 4.39 Å². The van der Waals surface area contributed by atoms with Gasteiger partial charge in [0.15, 0.2) is 0 Å². The lowest BCUT2D eigenvalue weighted by atomic mass is 10.1. The Morgan fingerprint density at radius 1 is 1.24 bits per heavy atom. The Hall–Kier alpha value is -1.23. The molecule has 0 aliphatic carbocycles. The summed E-state index contributed by atoms with van der Waals surface area (Å²) in [6.07, 6.45) is 1.02. The van der Waals surface area contributed by atoms with Crippen LogP contribution in [0.2, 0.25) is 0 Å². The maximum absolute atomic E-state index is 12.9. The molecule has 0 aliphatic heterocycles. The fourth-order valence-corrected chi connectivity index (χ4v) is 2.78. The average Bonchev–Trinajstić information content (AvgIpc) is 2.81. The van der Waals surface area contributed by atoms with Crippen LogP contribution in [0.5, 0.6) is 0 Å². The molecule has 0 saturated heterocycles. The molecule has 0 saturated carbocycles. The van der Waals surface area contributed by atoms with E-state index in [4.69, 9.17) is 5.84 Å². The van der Waals surface area contributed by atoms with E-state index in [1.807, 2.05) is 0 Å². The molecule has 2 aromatic rings. The second-order valence-corrected chi connectivity index (χ2v) is 5.01. The van der Waals surface area contributed by atoms with Gasteiger partial charge < -0.3 is 0 Å². The maximum Gasteiger partial charge on any atom is 0.123 e. The number of halogens is 1. The van der Waals surface area contributed by atoms with Gasteiger partial charge in [0.1, 0.15) is 5.82 Å². The predicted molar refractivity (Wildman–Crippen MR) is 69.3 cm³/mol. The third-order valence-corrected chi connectivity index (χ3v) is 3.98. The van der Waals surface area contributed by atoms with Crippen molar-refractivity contribution in [1.29, 1.82) is 0 Å². The highest BCUT2D eigenvalue weighted by atomic mass is 32.1. The standard InChI is InChI=1S/C13H15FN2S/c1-2-11-7-8-12(17-11)13(16-15)9-3-5-10(14)6-4-9/h3-8,13,16H,2,15H2,1H3. The first kappa shape index (κ1) is 12.2. The van der Waals surface area contributed by atoms with E-state index >= 15 is 0 Å². The first-order valence-corrected chi connectivity index (χ1v) is 6.36. The lowest BCUT2D eigenvalue weighted by molar-refractivity contribution is 0.618. The lowest BCUT2D eigenvalue weighted by Gasteiger charge is -2.14.